The number of amides is 1. The quantitative estimate of drug-likeness (QED) is 0.433. The molecular formula is C15H24Cl2N4O-2. The number of hydrogen-bond donors (Lipinski definition) is 2. The van der Waals surface area contributed by atoms with Crippen LogP contribution in [0.5, 0.6) is 0 Å². The SMILES string of the molecule is CC(C)N(N)C1CCC(C(=O)Nc2ccncc2)CC1.[Cl-].[Cl-]. The third-order valence-electron chi connectivity index (χ3n) is 4.03. The molecule has 0 atom stereocenters. The highest BCUT2D eigenvalue weighted by molar-refractivity contribution is 5.92. The lowest BCUT2D eigenvalue weighted by Crippen LogP contribution is -3.00. The van der Waals surface area contributed by atoms with Crippen LogP contribution in [0.4, 0.5) is 5.69 Å². The maximum atomic E-state index is 12.2. The molecule has 2 rings (SSSR count). The molecule has 1 aromatic rings. The average Bonchev–Trinajstić information content (AvgIpc) is 2.47. The Morgan fingerprint density at radius 3 is 2.27 bits per heavy atom. The van der Waals surface area contributed by atoms with Crippen molar-refractivity contribution in [1.82, 2.24) is 9.99 Å². The summed E-state index contributed by atoms with van der Waals surface area (Å²) < 4.78 is 0. The summed E-state index contributed by atoms with van der Waals surface area (Å²) in [4.78, 5) is 16.1. The number of rotatable bonds is 4. The number of pyridine rings is 1. The van der Waals surface area contributed by atoms with Gasteiger partial charge in [0.1, 0.15) is 0 Å². The summed E-state index contributed by atoms with van der Waals surface area (Å²) in [6, 6.07) is 4.37. The van der Waals surface area contributed by atoms with Crippen LogP contribution in [0.15, 0.2) is 24.5 Å². The molecule has 7 heteroatoms. The number of nitrogens with two attached hydrogens (primary N) is 1. The number of nitrogens with zero attached hydrogens (tertiary/aromatic N) is 2. The molecule has 1 aromatic heterocycles. The summed E-state index contributed by atoms with van der Waals surface area (Å²) in [5.41, 5.74) is 0.815. The molecule has 3 N–H and O–H groups in total. The van der Waals surface area contributed by atoms with Gasteiger partial charge in [-0.15, -0.1) is 0 Å². The molecule has 126 valence electrons. The lowest BCUT2D eigenvalue weighted by Gasteiger charge is -2.35. The van der Waals surface area contributed by atoms with Crippen LogP contribution in [0.25, 0.3) is 0 Å². The lowest BCUT2D eigenvalue weighted by molar-refractivity contribution is -0.121. The van der Waals surface area contributed by atoms with E-state index in [9.17, 15) is 4.79 Å². The molecule has 0 unspecified atom stereocenters. The first kappa shape index (κ1) is 21.1. The zero-order valence-electron chi connectivity index (χ0n) is 13.0. The van der Waals surface area contributed by atoms with Gasteiger partial charge in [-0.1, -0.05) is 0 Å². The number of aromatic nitrogens is 1. The second-order valence-electron chi connectivity index (χ2n) is 5.77. The van der Waals surface area contributed by atoms with E-state index in [-0.39, 0.29) is 36.6 Å². The fourth-order valence-electron chi connectivity index (χ4n) is 2.74. The third kappa shape index (κ3) is 5.72. The number of carbonyl (C=O) groups is 1. The summed E-state index contributed by atoms with van der Waals surface area (Å²) >= 11 is 0. The lowest BCUT2D eigenvalue weighted by atomic mass is 9.85. The van der Waals surface area contributed by atoms with Crippen LogP contribution >= 0.6 is 0 Å². The minimum absolute atomic E-state index is 0. The maximum Gasteiger partial charge on any atom is 0.227 e. The molecule has 5 nitrogen and oxygen atoms in total. The Labute approximate surface area is 144 Å². The predicted octanol–water partition coefficient (Wildman–Crippen LogP) is -3.83. The Bertz CT molecular complexity index is 436. The molecule has 1 fully saturated rings. The summed E-state index contributed by atoms with van der Waals surface area (Å²) in [6.45, 7) is 4.20. The normalized spacial score (nSPS) is 21.0. The molecule has 0 bridgehead atoms. The molecular weight excluding hydrogens is 323 g/mol. The van der Waals surface area contributed by atoms with Gasteiger partial charge in [0.15, 0.2) is 0 Å². The van der Waals surface area contributed by atoms with Crippen LogP contribution in [0, 0.1) is 5.92 Å². The number of anilines is 1. The fourth-order valence-corrected chi connectivity index (χ4v) is 2.74. The van der Waals surface area contributed by atoms with Crippen LogP contribution < -0.4 is 36.0 Å². The zero-order chi connectivity index (χ0) is 14.5. The van der Waals surface area contributed by atoms with Crippen LogP contribution in [-0.4, -0.2) is 28.0 Å². The van der Waals surface area contributed by atoms with Gasteiger partial charge in [-0.25, -0.2) is 5.01 Å². The average molecular weight is 347 g/mol. The monoisotopic (exact) mass is 346 g/mol. The molecule has 0 aromatic carbocycles. The first-order chi connectivity index (χ1) is 9.58. The zero-order valence-corrected chi connectivity index (χ0v) is 14.5. The first-order valence-electron chi connectivity index (χ1n) is 7.32. The number of carbonyl (C=O) groups excluding carboxylic acids is 1. The second-order valence-corrected chi connectivity index (χ2v) is 5.77. The number of nitrogens with one attached hydrogen (secondary N) is 1. The van der Waals surface area contributed by atoms with E-state index >= 15 is 0 Å². The highest BCUT2D eigenvalue weighted by atomic mass is 35.5. The van der Waals surface area contributed by atoms with Crippen molar-refractivity contribution in [1.29, 1.82) is 0 Å². The van der Waals surface area contributed by atoms with Crippen molar-refractivity contribution in [2.45, 2.75) is 51.6 Å². The van der Waals surface area contributed by atoms with E-state index in [2.05, 4.69) is 24.1 Å². The summed E-state index contributed by atoms with van der Waals surface area (Å²) in [7, 11) is 0. The minimum Gasteiger partial charge on any atom is -1.00 e. The number of halogens is 2. The van der Waals surface area contributed by atoms with Crippen molar-refractivity contribution in [3.63, 3.8) is 0 Å². The van der Waals surface area contributed by atoms with E-state index in [1.165, 1.54) is 0 Å². The fraction of sp³-hybridized carbons (Fsp3) is 0.600. The second kappa shape index (κ2) is 10.0. The van der Waals surface area contributed by atoms with Gasteiger partial charge in [0.2, 0.25) is 5.91 Å². The third-order valence-corrected chi connectivity index (χ3v) is 4.03. The van der Waals surface area contributed by atoms with E-state index in [4.69, 9.17) is 5.84 Å². The van der Waals surface area contributed by atoms with Gasteiger partial charge < -0.3 is 30.1 Å². The molecule has 1 amide bonds. The van der Waals surface area contributed by atoms with E-state index in [0.717, 1.165) is 31.4 Å². The van der Waals surface area contributed by atoms with Gasteiger partial charge in [0.05, 0.1) is 0 Å². The molecule has 0 spiro atoms. The van der Waals surface area contributed by atoms with Gasteiger partial charge in [0.25, 0.3) is 0 Å². The molecule has 22 heavy (non-hydrogen) atoms. The van der Waals surface area contributed by atoms with Gasteiger partial charge in [-0.05, 0) is 51.7 Å². The molecule has 1 aliphatic carbocycles. The highest BCUT2D eigenvalue weighted by Crippen LogP contribution is 2.28. The first-order valence-corrected chi connectivity index (χ1v) is 7.32. The molecule has 1 heterocycles. The van der Waals surface area contributed by atoms with E-state index < -0.39 is 0 Å². The van der Waals surface area contributed by atoms with Crippen LogP contribution in [0.1, 0.15) is 39.5 Å². The van der Waals surface area contributed by atoms with Crippen molar-refractivity contribution in [3.8, 4) is 0 Å². The van der Waals surface area contributed by atoms with Gasteiger partial charge in [0, 0.05) is 36.1 Å². The Kier molecular flexibility index (Phi) is 9.60. The Balaban J connectivity index is 0.00000220. The van der Waals surface area contributed by atoms with Gasteiger partial charge in [-0.3, -0.25) is 15.6 Å². The van der Waals surface area contributed by atoms with Crippen LogP contribution in [0.3, 0.4) is 0 Å². The summed E-state index contributed by atoms with van der Waals surface area (Å²) in [5.74, 6) is 6.27. The highest BCUT2D eigenvalue weighted by Gasteiger charge is 2.29. The van der Waals surface area contributed by atoms with Crippen molar-refractivity contribution < 1.29 is 29.6 Å². The predicted molar refractivity (Wildman–Crippen MR) is 79.8 cm³/mol. The summed E-state index contributed by atoms with van der Waals surface area (Å²) in [6.07, 6.45) is 7.15. The number of hydrogen-bond acceptors (Lipinski definition) is 4. The molecule has 0 aliphatic heterocycles. The molecule has 0 radical (unpaired) electrons. The largest absolute Gasteiger partial charge is 1.00 e. The topological polar surface area (TPSA) is 71.2 Å². The molecule has 1 saturated carbocycles. The van der Waals surface area contributed by atoms with Gasteiger partial charge >= 0.3 is 0 Å². The Morgan fingerprint density at radius 2 is 1.77 bits per heavy atom. The summed E-state index contributed by atoms with van der Waals surface area (Å²) in [5, 5.41) is 4.88. The number of hydrazine groups is 1. The van der Waals surface area contributed by atoms with Gasteiger partial charge in [-0.2, -0.15) is 0 Å². The molecule has 1 aliphatic rings. The Hall–Kier alpha value is -0.880. The van der Waals surface area contributed by atoms with Crippen LogP contribution in [-0.2, 0) is 4.79 Å². The standard InChI is InChI=1S/C15H24N4O.2ClH/c1-11(2)19(16)14-5-3-12(4-6-14)15(20)18-13-7-9-17-10-8-13;;/h7-12,14H,3-6,16H2,1-2H3,(H,17,18,20);2*1H/p-2. The Morgan fingerprint density at radius 1 is 1.23 bits per heavy atom. The van der Waals surface area contributed by atoms with E-state index in [0.29, 0.717) is 12.1 Å². The van der Waals surface area contributed by atoms with Crippen molar-refractivity contribution in [2.75, 3.05) is 5.32 Å². The van der Waals surface area contributed by atoms with Crippen molar-refractivity contribution >= 4 is 11.6 Å². The van der Waals surface area contributed by atoms with Crippen LogP contribution in [0.2, 0.25) is 0 Å². The van der Waals surface area contributed by atoms with E-state index in [1.807, 2.05) is 17.1 Å². The van der Waals surface area contributed by atoms with Crippen molar-refractivity contribution in [3.05, 3.63) is 24.5 Å². The van der Waals surface area contributed by atoms with E-state index in [1.54, 1.807) is 12.4 Å². The minimum atomic E-state index is 0. The van der Waals surface area contributed by atoms with Crippen molar-refractivity contribution in [2.24, 2.45) is 11.8 Å². The smallest absolute Gasteiger partial charge is 0.227 e. The molecule has 0 saturated heterocycles. The maximum absolute atomic E-state index is 12.2.